The molecular weight excluding hydrogens is 378 g/mol. The Hall–Kier alpha value is -3.03. The summed E-state index contributed by atoms with van der Waals surface area (Å²) in [4.78, 5) is 16.7. The van der Waals surface area contributed by atoms with E-state index in [1.54, 1.807) is 23.5 Å². The number of thiazole rings is 1. The molecule has 0 radical (unpaired) electrons. The maximum Gasteiger partial charge on any atom is 0.293 e. The first-order chi connectivity index (χ1) is 13.1. The predicted octanol–water partition coefficient (Wildman–Crippen LogP) is 4.99. The molecule has 4 aromatic rings. The number of furan rings is 1. The summed E-state index contributed by atoms with van der Waals surface area (Å²) >= 11 is 6.90. The molecule has 2 aromatic carbocycles. The third-order valence-corrected chi connectivity index (χ3v) is 5.29. The summed E-state index contributed by atoms with van der Waals surface area (Å²) in [6.07, 6.45) is 1.44. The molecule has 0 aliphatic carbocycles. The molecule has 0 spiro atoms. The quantitative estimate of drug-likeness (QED) is 0.480. The number of amides is 1. The van der Waals surface area contributed by atoms with Crippen LogP contribution in [0.1, 0.15) is 16.1 Å². The topological polar surface area (TPSA) is 67.2 Å². The lowest BCUT2D eigenvalue weighted by Crippen LogP contribution is -2.34. The van der Waals surface area contributed by atoms with Crippen LogP contribution in [0.2, 0.25) is 0 Å². The van der Waals surface area contributed by atoms with Gasteiger partial charge in [-0.3, -0.25) is 10.1 Å². The Morgan fingerprint density at radius 3 is 2.78 bits per heavy atom. The van der Waals surface area contributed by atoms with Gasteiger partial charge in [0.25, 0.3) is 5.91 Å². The first kappa shape index (κ1) is 17.4. The van der Waals surface area contributed by atoms with Gasteiger partial charge in [-0.15, -0.1) is 11.3 Å². The molecular formula is C20H15N3O2S2. The monoisotopic (exact) mass is 393 g/mol. The van der Waals surface area contributed by atoms with Crippen molar-refractivity contribution in [1.82, 2.24) is 10.3 Å². The third-order valence-electron chi connectivity index (χ3n) is 4.00. The first-order valence-corrected chi connectivity index (χ1v) is 9.45. The van der Waals surface area contributed by atoms with Crippen molar-refractivity contribution in [2.24, 2.45) is 0 Å². The number of anilines is 1. The summed E-state index contributed by atoms with van der Waals surface area (Å²) in [7, 11) is 0. The Balaban J connectivity index is 1.55. The lowest BCUT2D eigenvalue weighted by molar-refractivity contribution is 0.0950. The molecule has 0 aliphatic heterocycles. The van der Waals surface area contributed by atoms with E-state index in [-0.39, 0.29) is 10.9 Å². The second-order valence-corrected chi connectivity index (χ2v) is 7.34. The van der Waals surface area contributed by atoms with Gasteiger partial charge in [-0.2, -0.15) is 0 Å². The van der Waals surface area contributed by atoms with Crippen LogP contribution in [0.15, 0.2) is 65.3 Å². The number of para-hydroxylation sites is 1. The van der Waals surface area contributed by atoms with Crippen LogP contribution in [0.4, 0.5) is 5.69 Å². The lowest BCUT2D eigenvalue weighted by Gasteiger charge is -2.12. The molecule has 2 aromatic heterocycles. The zero-order valence-corrected chi connectivity index (χ0v) is 16.0. The summed E-state index contributed by atoms with van der Waals surface area (Å²) in [6.45, 7) is 1.97. The van der Waals surface area contributed by atoms with E-state index in [1.165, 1.54) is 6.26 Å². The number of rotatable bonds is 3. The fraction of sp³-hybridized carbons (Fsp3) is 0.0500. The number of hydrogen-bond donors (Lipinski definition) is 2. The van der Waals surface area contributed by atoms with Crippen LogP contribution in [-0.2, 0) is 0 Å². The standard InChI is InChI=1S/C20H15N3O2S2/c1-12-8-9-13(19-21-14-5-2-3-7-17(14)27-19)11-15(12)22-20(26)23-18(24)16-6-4-10-25-16/h2-11H,1H3,(H2,22,23,24,26). The normalized spacial score (nSPS) is 10.7. The van der Waals surface area contributed by atoms with E-state index in [0.29, 0.717) is 0 Å². The third kappa shape index (κ3) is 3.74. The van der Waals surface area contributed by atoms with Gasteiger partial charge in [0.15, 0.2) is 10.9 Å². The van der Waals surface area contributed by atoms with Crippen molar-refractivity contribution in [1.29, 1.82) is 0 Å². The van der Waals surface area contributed by atoms with E-state index in [2.05, 4.69) is 16.7 Å². The van der Waals surface area contributed by atoms with Gasteiger partial charge < -0.3 is 9.73 Å². The van der Waals surface area contributed by atoms with Crippen molar-refractivity contribution in [2.45, 2.75) is 6.92 Å². The van der Waals surface area contributed by atoms with E-state index < -0.39 is 5.91 Å². The molecule has 0 aliphatic rings. The van der Waals surface area contributed by atoms with E-state index >= 15 is 0 Å². The average molecular weight is 393 g/mol. The molecule has 0 unspecified atom stereocenters. The molecule has 1 amide bonds. The van der Waals surface area contributed by atoms with E-state index in [1.807, 2.05) is 43.3 Å². The van der Waals surface area contributed by atoms with Crippen molar-refractivity contribution in [3.63, 3.8) is 0 Å². The summed E-state index contributed by atoms with van der Waals surface area (Å²) < 4.78 is 6.21. The number of carbonyl (C=O) groups is 1. The second-order valence-electron chi connectivity index (χ2n) is 5.90. The fourth-order valence-corrected chi connectivity index (χ4v) is 3.78. The average Bonchev–Trinajstić information content (AvgIpc) is 3.33. The van der Waals surface area contributed by atoms with Crippen molar-refractivity contribution in [3.05, 3.63) is 72.2 Å². The Bertz CT molecular complexity index is 1100. The fourth-order valence-electron chi connectivity index (χ4n) is 2.61. The number of nitrogens with zero attached hydrogens (tertiary/aromatic N) is 1. The largest absolute Gasteiger partial charge is 0.459 e. The summed E-state index contributed by atoms with van der Waals surface area (Å²) in [5, 5.41) is 6.84. The van der Waals surface area contributed by atoms with Gasteiger partial charge in [-0.1, -0.05) is 24.3 Å². The van der Waals surface area contributed by atoms with E-state index in [4.69, 9.17) is 21.6 Å². The molecule has 27 heavy (non-hydrogen) atoms. The highest BCUT2D eigenvalue weighted by Gasteiger charge is 2.12. The molecule has 0 saturated heterocycles. The van der Waals surface area contributed by atoms with Crippen LogP contribution in [-0.4, -0.2) is 16.0 Å². The summed E-state index contributed by atoms with van der Waals surface area (Å²) in [6, 6.07) is 17.3. The second kappa shape index (κ2) is 7.30. The van der Waals surface area contributed by atoms with Gasteiger partial charge in [0.05, 0.1) is 16.5 Å². The molecule has 4 rings (SSSR count). The van der Waals surface area contributed by atoms with Crippen molar-refractivity contribution in [2.75, 3.05) is 5.32 Å². The number of aromatic nitrogens is 1. The number of carbonyl (C=O) groups excluding carboxylic acids is 1. The summed E-state index contributed by atoms with van der Waals surface area (Å²) in [5.74, 6) is -0.184. The minimum Gasteiger partial charge on any atom is -0.459 e. The minimum atomic E-state index is -0.391. The molecule has 0 fully saturated rings. The molecule has 0 saturated carbocycles. The number of aryl methyl sites for hydroxylation is 1. The van der Waals surface area contributed by atoms with Crippen LogP contribution >= 0.6 is 23.6 Å². The molecule has 134 valence electrons. The number of hydrogen-bond acceptors (Lipinski definition) is 5. The zero-order valence-electron chi connectivity index (χ0n) is 14.4. The summed E-state index contributed by atoms with van der Waals surface area (Å²) in [5.41, 5.74) is 3.80. The van der Waals surface area contributed by atoms with Gasteiger partial charge in [-0.05, 0) is 55.0 Å². The van der Waals surface area contributed by atoms with Crippen LogP contribution in [0, 0.1) is 6.92 Å². The maximum absolute atomic E-state index is 12.0. The number of benzene rings is 2. The van der Waals surface area contributed by atoms with Crippen LogP contribution < -0.4 is 10.6 Å². The van der Waals surface area contributed by atoms with Gasteiger partial charge in [0.2, 0.25) is 0 Å². The van der Waals surface area contributed by atoms with Gasteiger partial charge in [0.1, 0.15) is 5.01 Å². The first-order valence-electron chi connectivity index (χ1n) is 8.22. The maximum atomic E-state index is 12.0. The highest BCUT2D eigenvalue weighted by Crippen LogP contribution is 2.32. The Kier molecular flexibility index (Phi) is 4.70. The Labute approximate surface area is 165 Å². The van der Waals surface area contributed by atoms with Crippen molar-refractivity contribution >= 4 is 50.5 Å². The van der Waals surface area contributed by atoms with Crippen LogP contribution in [0.3, 0.4) is 0 Å². The molecule has 0 bridgehead atoms. The smallest absolute Gasteiger partial charge is 0.293 e. The van der Waals surface area contributed by atoms with E-state index in [0.717, 1.165) is 32.0 Å². The van der Waals surface area contributed by atoms with Crippen LogP contribution in [0.25, 0.3) is 20.8 Å². The number of fused-ring (bicyclic) bond motifs is 1. The Morgan fingerprint density at radius 2 is 2.00 bits per heavy atom. The van der Waals surface area contributed by atoms with E-state index in [9.17, 15) is 4.79 Å². The predicted molar refractivity (Wildman–Crippen MR) is 112 cm³/mol. The van der Waals surface area contributed by atoms with Gasteiger partial charge in [0, 0.05) is 11.3 Å². The molecule has 2 N–H and O–H groups in total. The highest BCUT2D eigenvalue weighted by atomic mass is 32.1. The molecule has 7 heteroatoms. The molecule has 2 heterocycles. The van der Waals surface area contributed by atoms with Gasteiger partial charge >= 0.3 is 0 Å². The number of nitrogens with one attached hydrogen (secondary N) is 2. The number of thiocarbonyl (C=S) groups is 1. The highest BCUT2D eigenvalue weighted by molar-refractivity contribution is 7.80. The van der Waals surface area contributed by atoms with Crippen molar-refractivity contribution < 1.29 is 9.21 Å². The lowest BCUT2D eigenvalue weighted by atomic mass is 10.1. The Morgan fingerprint density at radius 1 is 1.15 bits per heavy atom. The minimum absolute atomic E-state index is 0.207. The zero-order chi connectivity index (χ0) is 18.8. The SMILES string of the molecule is Cc1ccc(-c2nc3ccccc3s2)cc1NC(=S)NC(=O)c1ccco1. The molecule has 0 atom stereocenters. The molecule has 5 nitrogen and oxygen atoms in total. The van der Waals surface area contributed by atoms with Gasteiger partial charge in [-0.25, -0.2) is 4.98 Å². The van der Waals surface area contributed by atoms with Crippen molar-refractivity contribution in [3.8, 4) is 10.6 Å². The van der Waals surface area contributed by atoms with Crippen LogP contribution in [0.5, 0.6) is 0 Å².